The van der Waals surface area contributed by atoms with E-state index in [0.717, 1.165) is 19.4 Å². The fourth-order valence-corrected chi connectivity index (χ4v) is 2.30. The number of aryl methyl sites for hydroxylation is 1. The highest BCUT2D eigenvalue weighted by atomic mass is 16.3. The molecule has 1 unspecified atom stereocenters. The molecule has 1 heterocycles. The zero-order valence-corrected chi connectivity index (χ0v) is 9.29. The summed E-state index contributed by atoms with van der Waals surface area (Å²) in [5, 5.41) is 12.9. The number of phenols is 1. The second kappa shape index (κ2) is 4.23. The molecule has 0 bridgehead atoms. The van der Waals surface area contributed by atoms with Gasteiger partial charge >= 0.3 is 0 Å². The van der Waals surface area contributed by atoms with Crippen LogP contribution in [0.1, 0.15) is 31.7 Å². The number of rotatable bonds is 3. The Morgan fingerprint density at radius 3 is 3.00 bits per heavy atom. The molecule has 2 rings (SSSR count). The predicted molar refractivity (Wildman–Crippen MR) is 62.1 cm³/mol. The smallest absolute Gasteiger partial charge is 0.115 e. The van der Waals surface area contributed by atoms with Crippen LogP contribution in [0, 0.1) is 0 Å². The Morgan fingerprint density at radius 1 is 1.47 bits per heavy atom. The molecule has 82 valence electrons. The zero-order valence-electron chi connectivity index (χ0n) is 9.29. The number of hydrogen-bond donors (Lipinski definition) is 2. The minimum atomic E-state index is 0.311. The zero-order chi connectivity index (χ0) is 10.7. The summed E-state index contributed by atoms with van der Waals surface area (Å²) in [4.78, 5) is 0. The molecule has 0 aliphatic carbocycles. The molecule has 0 amide bonds. The number of benzene rings is 1. The summed E-state index contributed by atoms with van der Waals surface area (Å²) in [6.45, 7) is 3.44. The van der Waals surface area contributed by atoms with Crippen molar-refractivity contribution in [2.75, 3.05) is 6.54 Å². The van der Waals surface area contributed by atoms with Crippen molar-refractivity contribution in [3.05, 3.63) is 29.8 Å². The van der Waals surface area contributed by atoms with Crippen molar-refractivity contribution in [3.8, 4) is 5.75 Å². The van der Waals surface area contributed by atoms with Gasteiger partial charge in [-0.2, -0.15) is 0 Å². The lowest BCUT2D eigenvalue weighted by Crippen LogP contribution is -2.36. The van der Waals surface area contributed by atoms with Gasteiger partial charge in [0.05, 0.1) is 0 Å². The lowest BCUT2D eigenvalue weighted by molar-refractivity contribution is 0.384. The lowest BCUT2D eigenvalue weighted by atomic mass is 9.92. The molecule has 1 aromatic carbocycles. The molecule has 1 saturated heterocycles. The van der Waals surface area contributed by atoms with Gasteiger partial charge in [0.15, 0.2) is 0 Å². The molecule has 0 radical (unpaired) electrons. The molecule has 1 fully saturated rings. The van der Waals surface area contributed by atoms with E-state index < -0.39 is 0 Å². The molecule has 2 nitrogen and oxygen atoms in total. The van der Waals surface area contributed by atoms with Crippen molar-refractivity contribution in [2.24, 2.45) is 0 Å². The van der Waals surface area contributed by atoms with E-state index in [0.29, 0.717) is 11.3 Å². The number of hydrogen-bond acceptors (Lipinski definition) is 2. The Morgan fingerprint density at radius 2 is 2.33 bits per heavy atom. The summed E-state index contributed by atoms with van der Waals surface area (Å²) in [7, 11) is 0. The molecule has 2 heteroatoms. The number of phenolic OH excluding ortho intramolecular Hbond substituents is 1. The van der Waals surface area contributed by atoms with E-state index in [4.69, 9.17) is 0 Å². The van der Waals surface area contributed by atoms with Gasteiger partial charge in [0.1, 0.15) is 5.75 Å². The Bertz CT molecular complexity index is 329. The maximum atomic E-state index is 9.35. The summed E-state index contributed by atoms with van der Waals surface area (Å²) >= 11 is 0. The van der Waals surface area contributed by atoms with Crippen molar-refractivity contribution in [1.82, 2.24) is 5.32 Å². The average molecular weight is 205 g/mol. The molecule has 1 aliphatic rings. The molecular formula is C13H19NO. The molecule has 1 aromatic rings. The minimum absolute atomic E-state index is 0.311. The number of aromatic hydroxyl groups is 1. The third kappa shape index (κ3) is 2.72. The van der Waals surface area contributed by atoms with E-state index in [2.05, 4.69) is 18.3 Å². The highest BCUT2D eigenvalue weighted by Gasteiger charge is 2.27. The van der Waals surface area contributed by atoms with Gasteiger partial charge in [-0.25, -0.2) is 0 Å². The van der Waals surface area contributed by atoms with Crippen molar-refractivity contribution < 1.29 is 5.11 Å². The van der Waals surface area contributed by atoms with Gasteiger partial charge in [-0.3, -0.25) is 0 Å². The van der Waals surface area contributed by atoms with Gasteiger partial charge in [0.2, 0.25) is 0 Å². The van der Waals surface area contributed by atoms with E-state index in [1.807, 2.05) is 12.1 Å². The quantitative estimate of drug-likeness (QED) is 0.794. The van der Waals surface area contributed by atoms with Crippen LogP contribution >= 0.6 is 0 Å². The monoisotopic (exact) mass is 205 g/mol. The summed E-state index contributed by atoms with van der Waals surface area (Å²) in [5.41, 5.74) is 1.54. The van der Waals surface area contributed by atoms with Gasteiger partial charge in [-0.05, 0) is 56.8 Å². The molecule has 2 N–H and O–H groups in total. The Balaban J connectivity index is 1.92. The molecule has 0 spiro atoms. The second-order valence-corrected chi connectivity index (χ2v) is 4.76. The van der Waals surface area contributed by atoms with E-state index in [1.54, 1.807) is 6.07 Å². The van der Waals surface area contributed by atoms with Crippen LogP contribution in [0.3, 0.4) is 0 Å². The second-order valence-electron chi connectivity index (χ2n) is 4.76. The third-order valence-corrected chi connectivity index (χ3v) is 3.33. The van der Waals surface area contributed by atoms with Gasteiger partial charge < -0.3 is 10.4 Å². The van der Waals surface area contributed by atoms with Crippen LogP contribution in [0.5, 0.6) is 5.75 Å². The lowest BCUT2D eigenvalue weighted by Gasteiger charge is -2.24. The van der Waals surface area contributed by atoms with Crippen LogP contribution in [0.25, 0.3) is 0 Å². The molecule has 1 atom stereocenters. The van der Waals surface area contributed by atoms with E-state index in [1.165, 1.54) is 18.4 Å². The van der Waals surface area contributed by atoms with Gasteiger partial charge in [0.25, 0.3) is 0 Å². The summed E-state index contributed by atoms with van der Waals surface area (Å²) < 4.78 is 0. The van der Waals surface area contributed by atoms with Gasteiger partial charge in [-0.1, -0.05) is 12.1 Å². The first-order chi connectivity index (χ1) is 7.18. The van der Waals surface area contributed by atoms with Crippen molar-refractivity contribution >= 4 is 0 Å². The van der Waals surface area contributed by atoms with Crippen molar-refractivity contribution in [2.45, 2.75) is 38.1 Å². The first-order valence-electron chi connectivity index (χ1n) is 5.71. The maximum Gasteiger partial charge on any atom is 0.115 e. The van der Waals surface area contributed by atoms with Crippen LogP contribution in [0.15, 0.2) is 24.3 Å². The normalized spacial score (nSPS) is 25.7. The fourth-order valence-electron chi connectivity index (χ4n) is 2.30. The van der Waals surface area contributed by atoms with Crippen LogP contribution in [-0.2, 0) is 6.42 Å². The van der Waals surface area contributed by atoms with Crippen molar-refractivity contribution in [3.63, 3.8) is 0 Å². The van der Waals surface area contributed by atoms with Crippen molar-refractivity contribution in [1.29, 1.82) is 0 Å². The number of nitrogens with one attached hydrogen (secondary N) is 1. The van der Waals surface area contributed by atoms with Gasteiger partial charge in [0, 0.05) is 5.54 Å². The topological polar surface area (TPSA) is 32.3 Å². The minimum Gasteiger partial charge on any atom is -0.508 e. The summed E-state index contributed by atoms with van der Waals surface area (Å²) in [6, 6.07) is 7.57. The van der Waals surface area contributed by atoms with Gasteiger partial charge in [-0.15, -0.1) is 0 Å². The molecule has 0 aromatic heterocycles. The highest BCUT2D eigenvalue weighted by Crippen LogP contribution is 2.24. The largest absolute Gasteiger partial charge is 0.508 e. The third-order valence-electron chi connectivity index (χ3n) is 3.33. The SMILES string of the molecule is CC1(CCc2cccc(O)c2)CCCN1. The van der Waals surface area contributed by atoms with E-state index in [9.17, 15) is 5.11 Å². The van der Waals surface area contributed by atoms with Crippen LogP contribution < -0.4 is 5.32 Å². The van der Waals surface area contributed by atoms with E-state index >= 15 is 0 Å². The fraction of sp³-hybridized carbons (Fsp3) is 0.538. The maximum absolute atomic E-state index is 9.35. The molecular weight excluding hydrogens is 186 g/mol. The average Bonchev–Trinajstić information content (AvgIpc) is 2.63. The molecule has 0 saturated carbocycles. The Kier molecular flexibility index (Phi) is 2.96. The molecule has 15 heavy (non-hydrogen) atoms. The van der Waals surface area contributed by atoms with Crippen LogP contribution in [0.2, 0.25) is 0 Å². The molecule has 1 aliphatic heterocycles. The van der Waals surface area contributed by atoms with E-state index in [-0.39, 0.29) is 0 Å². The first-order valence-corrected chi connectivity index (χ1v) is 5.71. The first kappa shape index (κ1) is 10.5. The van der Waals surface area contributed by atoms with Crippen LogP contribution in [-0.4, -0.2) is 17.2 Å². The highest BCUT2D eigenvalue weighted by molar-refractivity contribution is 5.27. The predicted octanol–water partition coefficient (Wildman–Crippen LogP) is 2.47. The Hall–Kier alpha value is -1.02. The summed E-state index contributed by atoms with van der Waals surface area (Å²) in [6.07, 6.45) is 4.75. The summed E-state index contributed by atoms with van der Waals surface area (Å²) in [5.74, 6) is 0.372. The van der Waals surface area contributed by atoms with Crippen LogP contribution in [0.4, 0.5) is 0 Å². The Labute approximate surface area is 91.3 Å². The standard InChI is InChI=1S/C13H19NO/c1-13(7-3-9-14-13)8-6-11-4-2-5-12(15)10-11/h2,4-5,10,14-15H,3,6-9H2,1H3.